The number of hydrogen-bond donors (Lipinski definition) is 1. The maximum atomic E-state index is 12.7. The molecule has 19 heavy (non-hydrogen) atoms. The number of nitrogens with one attached hydrogen (secondary N) is 1. The lowest BCUT2D eigenvalue weighted by Gasteiger charge is -2.64. The van der Waals surface area contributed by atoms with Gasteiger partial charge in [-0.05, 0) is 55.3 Å². The molecule has 4 aliphatic rings. The Morgan fingerprint density at radius 1 is 1.21 bits per heavy atom. The molecule has 3 heteroatoms. The second kappa shape index (κ2) is 4.00. The minimum atomic E-state index is -0.130. The van der Waals surface area contributed by atoms with Gasteiger partial charge in [0, 0.05) is 5.03 Å². The standard InChI is InChI=1S/C16H24ClNO/c1-11(17)7-18-13(19)16-6-12-4-14(2,9-16)8-15(3,5-12)10-16/h12H,1,4-10H2,2-3H3,(H,18,19). The largest absolute Gasteiger partial charge is 0.351 e. The molecule has 2 atom stereocenters. The molecular weight excluding hydrogens is 258 g/mol. The molecule has 0 heterocycles. The summed E-state index contributed by atoms with van der Waals surface area (Å²) in [7, 11) is 0. The zero-order valence-electron chi connectivity index (χ0n) is 12.0. The van der Waals surface area contributed by atoms with Crippen LogP contribution in [-0.4, -0.2) is 12.5 Å². The first-order chi connectivity index (χ1) is 8.74. The van der Waals surface area contributed by atoms with Crippen LogP contribution in [-0.2, 0) is 4.79 Å². The Labute approximate surface area is 121 Å². The molecule has 1 N–H and O–H groups in total. The lowest BCUT2D eigenvalue weighted by Crippen LogP contribution is -2.59. The number of hydrogen-bond acceptors (Lipinski definition) is 1. The van der Waals surface area contributed by atoms with Gasteiger partial charge >= 0.3 is 0 Å². The lowest BCUT2D eigenvalue weighted by molar-refractivity contribution is -0.169. The first-order valence-electron chi connectivity index (χ1n) is 7.36. The Balaban J connectivity index is 1.84. The molecule has 0 aromatic rings. The molecule has 106 valence electrons. The van der Waals surface area contributed by atoms with Gasteiger partial charge in [-0.1, -0.05) is 32.0 Å². The maximum absolute atomic E-state index is 12.7. The highest BCUT2D eigenvalue weighted by Crippen LogP contribution is 2.69. The van der Waals surface area contributed by atoms with Crippen molar-refractivity contribution in [3.63, 3.8) is 0 Å². The summed E-state index contributed by atoms with van der Waals surface area (Å²) < 4.78 is 0. The van der Waals surface area contributed by atoms with Crippen molar-refractivity contribution < 1.29 is 4.79 Å². The first-order valence-corrected chi connectivity index (χ1v) is 7.74. The highest BCUT2D eigenvalue weighted by molar-refractivity contribution is 6.29. The smallest absolute Gasteiger partial charge is 0.226 e. The molecule has 0 saturated heterocycles. The van der Waals surface area contributed by atoms with Crippen LogP contribution in [0.2, 0.25) is 0 Å². The van der Waals surface area contributed by atoms with Crippen molar-refractivity contribution >= 4 is 17.5 Å². The first kappa shape index (κ1) is 13.5. The van der Waals surface area contributed by atoms with Gasteiger partial charge in [-0.3, -0.25) is 4.79 Å². The predicted molar refractivity (Wildman–Crippen MR) is 77.8 cm³/mol. The minimum Gasteiger partial charge on any atom is -0.351 e. The van der Waals surface area contributed by atoms with Crippen LogP contribution in [0.4, 0.5) is 0 Å². The van der Waals surface area contributed by atoms with Crippen LogP contribution in [0, 0.1) is 22.2 Å². The fourth-order valence-corrected chi connectivity index (χ4v) is 6.13. The average molecular weight is 282 g/mol. The topological polar surface area (TPSA) is 29.1 Å². The van der Waals surface area contributed by atoms with E-state index in [1.165, 1.54) is 19.3 Å². The highest BCUT2D eigenvalue weighted by Gasteiger charge is 2.62. The van der Waals surface area contributed by atoms with Crippen molar-refractivity contribution in [1.29, 1.82) is 0 Å². The predicted octanol–water partition coefficient (Wildman–Crippen LogP) is 3.85. The number of amides is 1. The molecule has 0 aliphatic heterocycles. The Bertz CT molecular complexity index is 426. The van der Waals surface area contributed by atoms with E-state index in [2.05, 4.69) is 25.7 Å². The third kappa shape index (κ3) is 2.22. The number of carbonyl (C=O) groups excluding carboxylic acids is 1. The van der Waals surface area contributed by atoms with Crippen LogP contribution in [0.1, 0.15) is 52.4 Å². The molecular formula is C16H24ClNO. The third-order valence-corrected chi connectivity index (χ3v) is 5.68. The van der Waals surface area contributed by atoms with Crippen molar-refractivity contribution in [2.75, 3.05) is 6.54 Å². The van der Waals surface area contributed by atoms with Crippen molar-refractivity contribution in [3.05, 3.63) is 11.6 Å². The summed E-state index contributed by atoms with van der Waals surface area (Å²) in [4.78, 5) is 12.7. The molecule has 1 amide bonds. The summed E-state index contributed by atoms with van der Waals surface area (Å²) >= 11 is 5.78. The van der Waals surface area contributed by atoms with E-state index in [0.29, 0.717) is 22.4 Å². The van der Waals surface area contributed by atoms with Crippen LogP contribution in [0.5, 0.6) is 0 Å². The van der Waals surface area contributed by atoms with Gasteiger partial charge in [0.25, 0.3) is 0 Å². The normalized spacial score (nSPS) is 47.2. The van der Waals surface area contributed by atoms with Gasteiger partial charge in [0.1, 0.15) is 0 Å². The molecule has 4 aliphatic carbocycles. The maximum Gasteiger partial charge on any atom is 0.226 e. The second-order valence-corrected chi connectivity index (χ2v) is 8.64. The molecule has 0 aromatic heterocycles. The summed E-state index contributed by atoms with van der Waals surface area (Å²) in [5.41, 5.74) is 0.627. The Morgan fingerprint density at radius 3 is 2.26 bits per heavy atom. The van der Waals surface area contributed by atoms with E-state index < -0.39 is 0 Å². The van der Waals surface area contributed by atoms with Crippen molar-refractivity contribution in [3.8, 4) is 0 Å². The van der Waals surface area contributed by atoms with E-state index in [1.807, 2.05) is 0 Å². The zero-order chi connectivity index (χ0) is 13.9. The average Bonchev–Trinajstić information content (AvgIpc) is 2.20. The van der Waals surface area contributed by atoms with E-state index in [0.717, 1.165) is 25.2 Å². The minimum absolute atomic E-state index is 0.130. The van der Waals surface area contributed by atoms with Gasteiger partial charge in [0.2, 0.25) is 5.91 Å². The Kier molecular flexibility index (Phi) is 2.84. The SMILES string of the molecule is C=C(Cl)CNC(=O)C12CC3CC(C)(CC(C)(C3)C1)C2. The van der Waals surface area contributed by atoms with Gasteiger partial charge in [0.05, 0.1) is 12.0 Å². The summed E-state index contributed by atoms with van der Waals surface area (Å²) in [6.07, 6.45) is 7.14. The van der Waals surface area contributed by atoms with Gasteiger partial charge in [-0.25, -0.2) is 0 Å². The van der Waals surface area contributed by atoms with E-state index in [4.69, 9.17) is 11.6 Å². The van der Waals surface area contributed by atoms with Gasteiger partial charge in [-0.2, -0.15) is 0 Å². The summed E-state index contributed by atoms with van der Waals surface area (Å²) in [6.45, 7) is 8.83. The molecule has 4 rings (SSSR count). The Hall–Kier alpha value is -0.500. The summed E-state index contributed by atoms with van der Waals surface area (Å²) in [6, 6.07) is 0. The molecule has 4 fully saturated rings. The van der Waals surface area contributed by atoms with Gasteiger partial charge in [-0.15, -0.1) is 0 Å². The van der Waals surface area contributed by atoms with Gasteiger partial charge < -0.3 is 5.32 Å². The monoisotopic (exact) mass is 281 g/mol. The number of halogens is 1. The van der Waals surface area contributed by atoms with Crippen LogP contribution < -0.4 is 5.32 Å². The second-order valence-electron chi connectivity index (χ2n) is 8.11. The molecule has 4 bridgehead atoms. The van der Waals surface area contributed by atoms with E-state index in [1.54, 1.807) is 0 Å². The molecule has 2 nitrogen and oxygen atoms in total. The highest BCUT2D eigenvalue weighted by atomic mass is 35.5. The van der Waals surface area contributed by atoms with E-state index in [-0.39, 0.29) is 11.3 Å². The molecule has 0 radical (unpaired) electrons. The lowest BCUT2D eigenvalue weighted by atomic mass is 9.40. The molecule has 4 saturated carbocycles. The molecule has 0 aromatic carbocycles. The Morgan fingerprint density at radius 2 is 1.79 bits per heavy atom. The van der Waals surface area contributed by atoms with Crippen LogP contribution in [0.15, 0.2) is 11.6 Å². The quantitative estimate of drug-likeness (QED) is 0.836. The summed E-state index contributed by atoms with van der Waals surface area (Å²) in [5.74, 6) is 0.965. The zero-order valence-corrected chi connectivity index (χ0v) is 12.8. The fraction of sp³-hybridized carbons (Fsp3) is 0.812. The molecule has 2 unspecified atom stereocenters. The van der Waals surface area contributed by atoms with Crippen molar-refractivity contribution in [2.45, 2.75) is 52.4 Å². The number of carbonyl (C=O) groups is 1. The summed E-state index contributed by atoms with van der Waals surface area (Å²) in [5, 5.41) is 3.51. The van der Waals surface area contributed by atoms with Crippen molar-refractivity contribution in [2.24, 2.45) is 22.2 Å². The van der Waals surface area contributed by atoms with Crippen LogP contribution in [0.25, 0.3) is 0 Å². The van der Waals surface area contributed by atoms with Crippen molar-refractivity contribution in [1.82, 2.24) is 5.32 Å². The number of rotatable bonds is 3. The molecule has 0 spiro atoms. The van der Waals surface area contributed by atoms with E-state index >= 15 is 0 Å². The van der Waals surface area contributed by atoms with Crippen LogP contribution >= 0.6 is 11.6 Å². The fourth-order valence-electron chi connectivity index (χ4n) is 6.06. The van der Waals surface area contributed by atoms with Gasteiger partial charge in [0.15, 0.2) is 0 Å². The third-order valence-electron chi connectivity index (χ3n) is 5.55. The van der Waals surface area contributed by atoms with Crippen LogP contribution in [0.3, 0.4) is 0 Å². The van der Waals surface area contributed by atoms with E-state index in [9.17, 15) is 4.79 Å².